The molecule has 1 saturated heterocycles. The minimum atomic E-state index is -3.60. The van der Waals surface area contributed by atoms with E-state index in [-0.39, 0.29) is 48.3 Å². The zero-order chi connectivity index (χ0) is 20.3. The fourth-order valence-electron chi connectivity index (χ4n) is 3.71. The van der Waals surface area contributed by atoms with Gasteiger partial charge >= 0.3 is 5.97 Å². The highest BCUT2D eigenvalue weighted by Crippen LogP contribution is 2.23. The van der Waals surface area contributed by atoms with E-state index in [9.17, 15) is 18.0 Å². The van der Waals surface area contributed by atoms with E-state index >= 15 is 0 Å². The number of aliphatic imine (C=N–C) groups is 1. The smallest absolute Gasteiger partial charge is 0.308 e. The predicted octanol–water partition coefficient (Wildman–Crippen LogP) is 1.45. The van der Waals surface area contributed by atoms with Crippen LogP contribution in [0.5, 0.6) is 0 Å². The molecule has 1 amide bonds. The van der Waals surface area contributed by atoms with Crippen molar-refractivity contribution in [2.75, 3.05) is 13.2 Å². The van der Waals surface area contributed by atoms with Crippen LogP contribution >= 0.6 is 0 Å². The lowest BCUT2D eigenvalue weighted by atomic mass is 9.97. The van der Waals surface area contributed by atoms with Crippen molar-refractivity contribution >= 4 is 27.7 Å². The summed E-state index contributed by atoms with van der Waals surface area (Å²) in [6.07, 6.45) is 2.97. The number of benzene rings is 1. The monoisotopic (exact) mass is 407 g/mol. The van der Waals surface area contributed by atoms with Gasteiger partial charge in [-0.25, -0.2) is 8.42 Å². The van der Waals surface area contributed by atoms with Gasteiger partial charge in [0.05, 0.1) is 17.9 Å². The number of nitrogens with one attached hydrogen (secondary N) is 1. The Bertz CT molecular complexity index is 887. The molecule has 2 aliphatic rings. The van der Waals surface area contributed by atoms with Gasteiger partial charge < -0.3 is 9.64 Å². The molecule has 1 aromatic carbocycles. The number of hydrogen-bond donors (Lipinski definition) is 1. The molecule has 28 heavy (non-hydrogen) atoms. The highest BCUT2D eigenvalue weighted by molar-refractivity contribution is 7.90. The number of likely N-dealkylation sites (tertiary alicyclic amines) is 1. The van der Waals surface area contributed by atoms with Gasteiger partial charge in [0.15, 0.2) is 6.61 Å². The molecule has 2 aliphatic heterocycles. The standard InChI is InChI=1S/C19H25N3O5S/c1-13-6-5-7-14(2)22(13)17(23)12-27-18(24)10-11-20-19-15-8-3-4-9-16(15)28(25,26)21-19/h3-4,8-9,13-14H,5-7,10-12H2,1-2H3,(H,20,21)/t13-,14-/m1/s1. The first kappa shape index (κ1) is 20.3. The number of hydrogen-bond acceptors (Lipinski definition) is 6. The van der Waals surface area contributed by atoms with Crippen molar-refractivity contribution in [3.05, 3.63) is 29.8 Å². The van der Waals surface area contributed by atoms with Crippen molar-refractivity contribution in [2.45, 2.75) is 56.5 Å². The van der Waals surface area contributed by atoms with Crippen LogP contribution in [0.2, 0.25) is 0 Å². The van der Waals surface area contributed by atoms with Gasteiger partial charge in [-0.2, -0.15) is 0 Å². The van der Waals surface area contributed by atoms with Gasteiger partial charge in [-0.15, -0.1) is 0 Å². The normalized spacial score (nSPS) is 24.5. The molecule has 1 aromatic rings. The molecule has 0 bridgehead atoms. The summed E-state index contributed by atoms with van der Waals surface area (Å²) in [6, 6.07) is 6.82. The molecule has 8 nitrogen and oxygen atoms in total. The third kappa shape index (κ3) is 4.35. The van der Waals surface area contributed by atoms with Gasteiger partial charge in [0, 0.05) is 17.6 Å². The Balaban J connectivity index is 1.50. The molecule has 0 saturated carbocycles. The molecule has 1 N–H and O–H groups in total. The second-order valence-corrected chi connectivity index (χ2v) is 8.82. The Morgan fingerprint density at radius 1 is 1.21 bits per heavy atom. The van der Waals surface area contributed by atoms with Crippen LogP contribution in [0.25, 0.3) is 0 Å². The van der Waals surface area contributed by atoms with E-state index in [0.29, 0.717) is 5.56 Å². The van der Waals surface area contributed by atoms with Crippen LogP contribution < -0.4 is 4.72 Å². The topological polar surface area (TPSA) is 105 Å². The van der Waals surface area contributed by atoms with E-state index in [0.717, 1.165) is 19.3 Å². The molecule has 152 valence electrons. The van der Waals surface area contributed by atoms with E-state index in [2.05, 4.69) is 9.71 Å². The minimum Gasteiger partial charge on any atom is -0.456 e. The fraction of sp³-hybridized carbons (Fsp3) is 0.526. The minimum absolute atomic E-state index is 0.0359. The summed E-state index contributed by atoms with van der Waals surface area (Å²) in [5.41, 5.74) is 0.485. The second-order valence-electron chi connectivity index (χ2n) is 7.17. The van der Waals surface area contributed by atoms with Crippen LogP contribution in [0.1, 0.15) is 45.1 Å². The molecule has 1 fully saturated rings. The average molecular weight is 407 g/mol. The summed E-state index contributed by atoms with van der Waals surface area (Å²) in [7, 11) is -3.60. The summed E-state index contributed by atoms with van der Waals surface area (Å²) in [5, 5.41) is 0. The number of piperidine rings is 1. The first-order chi connectivity index (χ1) is 13.3. The quantitative estimate of drug-likeness (QED) is 0.744. The average Bonchev–Trinajstić information content (AvgIpc) is 2.91. The molecule has 2 heterocycles. The molecule has 0 spiro atoms. The van der Waals surface area contributed by atoms with Crippen molar-refractivity contribution < 1.29 is 22.7 Å². The molecule has 0 aliphatic carbocycles. The maximum Gasteiger partial charge on any atom is 0.308 e. The maximum absolute atomic E-state index is 12.4. The zero-order valence-corrected chi connectivity index (χ0v) is 16.9. The summed E-state index contributed by atoms with van der Waals surface area (Å²) in [5.74, 6) is -0.503. The molecule has 3 rings (SSSR count). The number of amides is 1. The largest absolute Gasteiger partial charge is 0.456 e. The Labute approximate surface area is 165 Å². The van der Waals surface area contributed by atoms with E-state index in [1.807, 2.05) is 13.8 Å². The maximum atomic E-state index is 12.4. The molecular weight excluding hydrogens is 382 g/mol. The fourth-order valence-corrected chi connectivity index (χ4v) is 4.96. The van der Waals surface area contributed by atoms with Gasteiger partial charge in [-0.05, 0) is 45.2 Å². The molecule has 2 atom stereocenters. The van der Waals surface area contributed by atoms with E-state index in [4.69, 9.17) is 4.74 Å². The summed E-state index contributed by atoms with van der Waals surface area (Å²) < 4.78 is 31.5. The van der Waals surface area contributed by atoms with Crippen molar-refractivity contribution in [1.82, 2.24) is 9.62 Å². The Kier molecular flexibility index (Phi) is 6.02. The third-order valence-corrected chi connectivity index (χ3v) is 6.48. The van der Waals surface area contributed by atoms with E-state index in [1.54, 1.807) is 23.1 Å². The number of ether oxygens (including phenoxy) is 1. The van der Waals surface area contributed by atoms with E-state index < -0.39 is 16.0 Å². The lowest BCUT2D eigenvalue weighted by Crippen LogP contribution is -2.49. The molecular formula is C19H25N3O5S. The van der Waals surface area contributed by atoms with Crippen molar-refractivity contribution in [3.8, 4) is 0 Å². The summed E-state index contributed by atoms with van der Waals surface area (Å²) in [4.78, 5) is 30.4. The van der Waals surface area contributed by atoms with Crippen molar-refractivity contribution in [3.63, 3.8) is 0 Å². The number of rotatable bonds is 5. The van der Waals surface area contributed by atoms with Crippen LogP contribution in [0.15, 0.2) is 34.2 Å². The van der Waals surface area contributed by atoms with Crippen LogP contribution in [0, 0.1) is 0 Å². The molecule has 0 unspecified atom stereocenters. The first-order valence-electron chi connectivity index (χ1n) is 9.43. The Morgan fingerprint density at radius 3 is 2.61 bits per heavy atom. The number of fused-ring (bicyclic) bond motifs is 1. The highest BCUT2D eigenvalue weighted by Gasteiger charge is 2.31. The predicted molar refractivity (Wildman–Crippen MR) is 103 cm³/mol. The lowest BCUT2D eigenvalue weighted by molar-refractivity contribution is -0.154. The second kappa shape index (κ2) is 8.30. The van der Waals surface area contributed by atoms with Gasteiger partial charge in [0.25, 0.3) is 15.9 Å². The summed E-state index contributed by atoms with van der Waals surface area (Å²) in [6.45, 7) is 3.80. The number of esters is 1. The highest BCUT2D eigenvalue weighted by atomic mass is 32.2. The Morgan fingerprint density at radius 2 is 1.89 bits per heavy atom. The number of carbonyl (C=O) groups is 2. The molecule has 0 radical (unpaired) electrons. The van der Waals surface area contributed by atoms with E-state index in [1.165, 1.54) is 6.07 Å². The van der Waals surface area contributed by atoms with Crippen LogP contribution in [-0.2, 0) is 24.3 Å². The molecule has 0 aromatic heterocycles. The Hall–Kier alpha value is -2.42. The number of sulfonamides is 1. The number of carbonyl (C=O) groups excluding carboxylic acids is 2. The van der Waals surface area contributed by atoms with Gasteiger partial charge in [-0.1, -0.05) is 12.1 Å². The third-order valence-electron chi connectivity index (χ3n) is 5.09. The summed E-state index contributed by atoms with van der Waals surface area (Å²) >= 11 is 0. The zero-order valence-electron chi connectivity index (χ0n) is 16.1. The van der Waals surface area contributed by atoms with Crippen LogP contribution in [-0.4, -0.2) is 56.3 Å². The van der Waals surface area contributed by atoms with Crippen molar-refractivity contribution in [2.24, 2.45) is 4.99 Å². The van der Waals surface area contributed by atoms with Gasteiger partial charge in [-0.3, -0.25) is 19.3 Å². The van der Waals surface area contributed by atoms with Crippen molar-refractivity contribution in [1.29, 1.82) is 0 Å². The number of nitrogens with zero attached hydrogens (tertiary/aromatic N) is 2. The SMILES string of the molecule is C[C@@H]1CCC[C@@H](C)N1C(=O)COC(=O)CCN=C1NS(=O)(=O)c2ccccc21. The van der Waals surface area contributed by atoms with Crippen LogP contribution in [0.4, 0.5) is 0 Å². The number of amidine groups is 1. The first-order valence-corrected chi connectivity index (χ1v) is 10.9. The van der Waals surface area contributed by atoms with Crippen LogP contribution in [0.3, 0.4) is 0 Å². The van der Waals surface area contributed by atoms with Gasteiger partial charge in [0.2, 0.25) is 0 Å². The lowest BCUT2D eigenvalue weighted by Gasteiger charge is -2.38. The van der Waals surface area contributed by atoms with Gasteiger partial charge in [0.1, 0.15) is 5.84 Å². The molecule has 9 heteroatoms.